The highest BCUT2D eigenvalue weighted by atomic mass is 35.5. The summed E-state index contributed by atoms with van der Waals surface area (Å²) in [6.07, 6.45) is 3.15. The molecule has 0 radical (unpaired) electrons. The first-order valence-electron chi connectivity index (χ1n) is 7.98. The van der Waals surface area contributed by atoms with E-state index in [9.17, 15) is 10.1 Å². The molecule has 1 N–H and O–H groups in total. The van der Waals surface area contributed by atoms with Gasteiger partial charge in [-0.3, -0.25) is 4.79 Å². The average molecular weight is 365 g/mol. The molecule has 26 heavy (non-hydrogen) atoms. The number of hydrogen-bond acceptors (Lipinski definition) is 4. The number of fused-ring (bicyclic) bond motifs is 2. The molecule has 128 valence electrons. The quantitative estimate of drug-likeness (QED) is 0.425. The number of carbonyl (C=O) groups is 1. The van der Waals surface area contributed by atoms with Crippen molar-refractivity contribution < 1.29 is 14.3 Å². The molecule has 0 fully saturated rings. The van der Waals surface area contributed by atoms with E-state index in [1.54, 1.807) is 48.7 Å². The Morgan fingerprint density at radius 3 is 2.77 bits per heavy atom. The molecule has 2 heterocycles. The maximum atomic E-state index is 12.8. The summed E-state index contributed by atoms with van der Waals surface area (Å²) in [5.74, 6) is 0.916. The van der Waals surface area contributed by atoms with Gasteiger partial charge in [0.15, 0.2) is 11.5 Å². The lowest BCUT2D eigenvalue weighted by Crippen LogP contribution is -2.15. The summed E-state index contributed by atoms with van der Waals surface area (Å²) in [5, 5.41) is 10.8. The Bertz CT molecular complexity index is 1090. The van der Waals surface area contributed by atoms with Crippen LogP contribution in [-0.4, -0.2) is 24.0 Å². The summed E-state index contributed by atoms with van der Waals surface area (Å²) in [6, 6.07) is 12.5. The second-order valence-electron chi connectivity index (χ2n) is 5.79. The molecule has 0 amide bonds. The molecule has 1 aromatic heterocycles. The first-order chi connectivity index (χ1) is 12.7. The van der Waals surface area contributed by atoms with Gasteiger partial charge >= 0.3 is 0 Å². The summed E-state index contributed by atoms with van der Waals surface area (Å²) in [5.41, 5.74) is 1.92. The van der Waals surface area contributed by atoms with Crippen LogP contribution in [0.15, 0.2) is 48.2 Å². The van der Waals surface area contributed by atoms with Gasteiger partial charge < -0.3 is 14.5 Å². The van der Waals surface area contributed by atoms with Crippen LogP contribution in [0.5, 0.6) is 11.5 Å². The summed E-state index contributed by atoms with van der Waals surface area (Å²) in [4.78, 5) is 15.8. The fourth-order valence-corrected chi connectivity index (χ4v) is 3.07. The number of halogens is 1. The van der Waals surface area contributed by atoms with Gasteiger partial charge in [-0.15, -0.1) is 0 Å². The summed E-state index contributed by atoms with van der Waals surface area (Å²) >= 11 is 5.97. The highest BCUT2D eigenvalue weighted by Crippen LogP contribution is 2.32. The van der Waals surface area contributed by atoms with E-state index in [-0.39, 0.29) is 11.4 Å². The average Bonchev–Trinajstić information content (AvgIpc) is 3.08. The van der Waals surface area contributed by atoms with Gasteiger partial charge in [-0.05, 0) is 35.9 Å². The first-order valence-corrected chi connectivity index (χ1v) is 8.36. The lowest BCUT2D eigenvalue weighted by molar-refractivity contribution is 0.104. The number of hydrogen-bond donors (Lipinski definition) is 1. The molecule has 0 atom stereocenters. The zero-order valence-electron chi connectivity index (χ0n) is 13.6. The van der Waals surface area contributed by atoms with E-state index in [1.165, 1.54) is 0 Å². The maximum absolute atomic E-state index is 12.8. The SMILES string of the molecule is N#CC(=Cc1ccc2c(c1)OCCO2)C(=O)c1c[nH]c2cc(Cl)ccc12. The Balaban J connectivity index is 1.71. The second kappa shape index (κ2) is 6.58. The second-order valence-corrected chi connectivity index (χ2v) is 6.23. The topological polar surface area (TPSA) is 75.1 Å². The van der Waals surface area contributed by atoms with E-state index in [4.69, 9.17) is 21.1 Å². The monoisotopic (exact) mass is 364 g/mol. The van der Waals surface area contributed by atoms with Crippen LogP contribution in [0, 0.1) is 11.3 Å². The number of allylic oxidation sites excluding steroid dienone is 1. The minimum atomic E-state index is -0.351. The standard InChI is InChI=1S/C20H13ClN2O3/c21-14-2-3-15-16(11-23-17(15)9-14)20(24)13(10-22)7-12-1-4-18-19(8-12)26-6-5-25-18/h1-4,7-9,11,23H,5-6H2. The lowest BCUT2D eigenvalue weighted by atomic mass is 10.0. The van der Waals surface area contributed by atoms with Crippen molar-refractivity contribution in [2.75, 3.05) is 13.2 Å². The van der Waals surface area contributed by atoms with Crippen molar-refractivity contribution in [1.29, 1.82) is 5.26 Å². The number of rotatable bonds is 3. The normalized spacial score (nSPS) is 13.5. The zero-order chi connectivity index (χ0) is 18.1. The van der Waals surface area contributed by atoms with Gasteiger partial charge in [0.2, 0.25) is 5.78 Å². The van der Waals surface area contributed by atoms with Crippen molar-refractivity contribution in [3.63, 3.8) is 0 Å². The summed E-state index contributed by atoms with van der Waals surface area (Å²) in [7, 11) is 0. The third-order valence-corrected chi connectivity index (χ3v) is 4.37. The Hall–Kier alpha value is -3.23. The van der Waals surface area contributed by atoms with Gasteiger partial charge in [-0.25, -0.2) is 0 Å². The third-order valence-electron chi connectivity index (χ3n) is 4.13. The van der Waals surface area contributed by atoms with Crippen molar-refractivity contribution in [3.05, 3.63) is 64.3 Å². The van der Waals surface area contributed by atoms with Gasteiger partial charge in [-0.2, -0.15) is 5.26 Å². The van der Waals surface area contributed by atoms with E-state index < -0.39 is 0 Å². The van der Waals surface area contributed by atoms with E-state index in [2.05, 4.69) is 4.98 Å². The fourth-order valence-electron chi connectivity index (χ4n) is 2.90. The number of nitrogens with zero attached hydrogens (tertiary/aromatic N) is 1. The number of aromatic nitrogens is 1. The minimum Gasteiger partial charge on any atom is -0.486 e. The van der Waals surface area contributed by atoms with Crippen molar-refractivity contribution in [1.82, 2.24) is 4.98 Å². The number of nitriles is 1. The number of H-pyrrole nitrogens is 1. The van der Waals surface area contributed by atoms with E-state index in [0.717, 1.165) is 10.9 Å². The van der Waals surface area contributed by atoms with E-state index in [0.29, 0.717) is 40.9 Å². The van der Waals surface area contributed by atoms with Crippen molar-refractivity contribution >= 4 is 34.4 Å². The van der Waals surface area contributed by atoms with E-state index in [1.807, 2.05) is 6.07 Å². The van der Waals surface area contributed by atoms with Crippen LogP contribution in [0.25, 0.3) is 17.0 Å². The molecule has 1 aliphatic rings. The Labute approximate surface area is 154 Å². The molecule has 5 nitrogen and oxygen atoms in total. The van der Waals surface area contributed by atoms with Crippen LogP contribution >= 0.6 is 11.6 Å². The molecule has 2 aromatic carbocycles. The molecule has 0 saturated carbocycles. The number of Topliss-reactive ketones (excluding diaryl/α,β-unsaturated/α-hetero) is 1. The van der Waals surface area contributed by atoms with Crippen molar-refractivity contribution in [2.24, 2.45) is 0 Å². The van der Waals surface area contributed by atoms with Gasteiger partial charge in [0.05, 0.1) is 0 Å². The largest absolute Gasteiger partial charge is 0.486 e. The molecule has 0 aliphatic carbocycles. The number of aromatic amines is 1. The summed E-state index contributed by atoms with van der Waals surface area (Å²) in [6.45, 7) is 0.983. The number of ether oxygens (including phenoxy) is 2. The zero-order valence-corrected chi connectivity index (χ0v) is 14.3. The highest BCUT2D eigenvalue weighted by Gasteiger charge is 2.18. The predicted octanol–water partition coefficient (Wildman–Crippen LogP) is 4.38. The molecule has 0 spiro atoms. The first kappa shape index (κ1) is 16.2. The van der Waals surface area contributed by atoms with Crippen LogP contribution < -0.4 is 9.47 Å². The van der Waals surface area contributed by atoms with Gasteiger partial charge in [0, 0.05) is 27.7 Å². The Morgan fingerprint density at radius 1 is 1.15 bits per heavy atom. The Kier molecular flexibility index (Phi) is 4.11. The molecule has 6 heteroatoms. The van der Waals surface area contributed by atoms with Crippen LogP contribution in [0.1, 0.15) is 15.9 Å². The molecule has 0 unspecified atom stereocenters. The molecule has 0 bridgehead atoms. The molecule has 3 aromatic rings. The van der Waals surface area contributed by atoms with Crippen LogP contribution in [0.2, 0.25) is 5.02 Å². The van der Waals surface area contributed by atoms with Crippen LogP contribution in [0.3, 0.4) is 0 Å². The van der Waals surface area contributed by atoms with Gasteiger partial charge in [0.1, 0.15) is 24.9 Å². The van der Waals surface area contributed by atoms with Crippen molar-refractivity contribution in [2.45, 2.75) is 0 Å². The minimum absolute atomic E-state index is 0.0394. The maximum Gasteiger partial charge on any atom is 0.205 e. The molecule has 0 saturated heterocycles. The number of benzene rings is 2. The predicted molar refractivity (Wildman–Crippen MR) is 98.7 cm³/mol. The number of carbonyl (C=O) groups excluding carboxylic acids is 1. The van der Waals surface area contributed by atoms with Crippen LogP contribution in [-0.2, 0) is 0 Å². The molecule has 1 aliphatic heterocycles. The third kappa shape index (κ3) is 2.92. The lowest BCUT2D eigenvalue weighted by Gasteiger charge is -2.18. The fraction of sp³-hybridized carbons (Fsp3) is 0.100. The highest BCUT2D eigenvalue weighted by molar-refractivity contribution is 6.31. The van der Waals surface area contributed by atoms with Crippen LogP contribution in [0.4, 0.5) is 0 Å². The van der Waals surface area contributed by atoms with Gasteiger partial charge in [-0.1, -0.05) is 23.7 Å². The molecular weight excluding hydrogens is 352 g/mol. The number of nitrogens with one attached hydrogen (secondary N) is 1. The van der Waals surface area contributed by atoms with E-state index >= 15 is 0 Å². The van der Waals surface area contributed by atoms with Crippen molar-refractivity contribution in [3.8, 4) is 17.6 Å². The summed E-state index contributed by atoms with van der Waals surface area (Å²) < 4.78 is 11.0. The van der Waals surface area contributed by atoms with Gasteiger partial charge in [0.25, 0.3) is 0 Å². The Morgan fingerprint density at radius 2 is 1.96 bits per heavy atom. The molecular formula is C20H13ClN2O3. The molecule has 4 rings (SSSR count). The smallest absolute Gasteiger partial charge is 0.205 e. The number of ketones is 1.